The standard InChI is InChI=1S/C16H15N4/c1-12-5-6-13(14-4-3-7-17-9-14)8-15(12)16-10-18-11-19-20(16)2/h3-11H,1-2H3/q+1. The maximum Gasteiger partial charge on any atom is 0.257 e. The molecule has 0 amide bonds. The Morgan fingerprint density at radius 3 is 2.65 bits per heavy atom. The lowest BCUT2D eigenvalue weighted by Gasteiger charge is -2.06. The van der Waals surface area contributed by atoms with Gasteiger partial charge in [-0.3, -0.25) is 4.98 Å². The quantitative estimate of drug-likeness (QED) is 0.666. The SMILES string of the molecule is Cc1ccc(-c2cccnc2)cc1-c1cncn[n+]1C. The average molecular weight is 263 g/mol. The van der Waals surface area contributed by atoms with Crippen LogP contribution >= 0.6 is 0 Å². The van der Waals surface area contributed by atoms with E-state index in [2.05, 4.69) is 46.3 Å². The third-order valence-corrected chi connectivity index (χ3v) is 3.35. The average Bonchev–Trinajstić information content (AvgIpc) is 2.49. The zero-order valence-electron chi connectivity index (χ0n) is 11.5. The highest BCUT2D eigenvalue weighted by Gasteiger charge is 2.14. The van der Waals surface area contributed by atoms with Crippen LogP contribution in [0.2, 0.25) is 0 Å². The van der Waals surface area contributed by atoms with E-state index in [-0.39, 0.29) is 0 Å². The summed E-state index contributed by atoms with van der Waals surface area (Å²) in [5.74, 6) is 0. The molecule has 98 valence electrons. The molecule has 1 aromatic carbocycles. The number of hydrogen-bond donors (Lipinski definition) is 0. The van der Waals surface area contributed by atoms with Crippen LogP contribution in [0.3, 0.4) is 0 Å². The normalized spacial score (nSPS) is 10.5. The smallest absolute Gasteiger partial charge is 0.257 e. The van der Waals surface area contributed by atoms with E-state index in [9.17, 15) is 0 Å². The van der Waals surface area contributed by atoms with Crippen LogP contribution in [0.25, 0.3) is 22.4 Å². The fourth-order valence-corrected chi connectivity index (χ4v) is 2.21. The molecule has 0 aliphatic rings. The van der Waals surface area contributed by atoms with Crippen molar-refractivity contribution in [2.45, 2.75) is 6.92 Å². The first-order chi connectivity index (χ1) is 9.75. The van der Waals surface area contributed by atoms with Crippen molar-refractivity contribution in [1.82, 2.24) is 15.1 Å². The highest BCUT2D eigenvalue weighted by Crippen LogP contribution is 2.26. The highest BCUT2D eigenvalue weighted by atomic mass is 15.3. The highest BCUT2D eigenvalue weighted by molar-refractivity contribution is 5.71. The van der Waals surface area contributed by atoms with Gasteiger partial charge in [-0.15, -0.1) is 0 Å². The Labute approximate surface area is 117 Å². The fourth-order valence-electron chi connectivity index (χ4n) is 2.21. The fraction of sp³-hybridized carbons (Fsp3) is 0.125. The molecule has 0 saturated carbocycles. The molecule has 3 aromatic rings. The molecule has 0 aliphatic carbocycles. The number of aromatic nitrogens is 4. The molecule has 0 aliphatic heterocycles. The molecule has 0 N–H and O–H groups in total. The van der Waals surface area contributed by atoms with Crippen molar-refractivity contribution in [3.63, 3.8) is 0 Å². The van der Waals surface area contributed by atoms with Gasteiger partial charge in [0.25, 0.3) is 5.69 Å². The van der Waals surface area contributed by atoms with Crippen LogP contribution < -0.4 is 4.68 Å². The molecule has 4 nitrogen and oxygen atoms in total. The lowest BCUT2D eigenvalue weighted by molar-refractivity contribution is -0.721. The predicted molar refractivity (Wildman–Crippen MR) is 76.6 cm³/mol. The Kier molecular flexibility index (Phi) is 3.21. The van der Waals surface area contributed by atoms with E-state index in [1.807, 2.05) is 30.2 Å². The molecule has 20 heavy (non-hydrogen) atoms. The molecule has 3 rings (SSSR count). The number of aryl methyl sites for hydroxylation is 2. The van der Waals surface area contributed by atoms with Crippen LogP contribution in [0.4, 0.5) is 0 Å². The molecular weight excluding hydrogens is 248 g/mol. The van der Waals surface area contributed by atoms with E-state index in [1.165, 1.54) is 5.56 Å². The van der Waals surface area contributed by atoms with Gasteiger partial charge >= 0.3 is 0 Å². The van der Waals surface area contributed by atoms with E-state index in [4.69, 9.17) is 0 Å². The minimum Gasteiger partial charge on any atom is -0.264 e. The van der Waals surface area contributed by atoms with Gasteiger partial charge in [-0.05, 0) is 30.2 Å². The second-order valence-electron chi connectivity index (χ2n) is 4.69. The van der Waals surface area contributed by atoms with Gasteiger partial charge in [-0.25, -0.2) is 4.98 Å². The van der Waals surface area contributed by atoms with E-state index in [0.717, 1.165) is 22.4 Å². The zero-order chi connectivity index (χ0) is 13.9. The number of hydrogen-bond acceptors (Lipinski definition) is 3. The summed E-state index contributed by atoms with van der Waals surface area (Å²) in [5.41, 5.74) is 5.57. The summed E-state index contributed by atoms with van der Waals surface area (Å²) < 4.78 is 1.84. The van der Waals surface area contributed by atoms with Gasteiger partial charge in [0, 0.05) is 23.1 Å². The first-order valence-corrected chi connectivity index (χ1v) is 6.43. The van der Waals surface area contributed by atoms with Gasteiger partial charge in [0.1, 0.15) is 6.20 Å². The van der Waals surface area contributed by atoms with Crippen molar-refractivity contribution in [2.75, 3.05) is 0 Å². The third kappa shape index (κ3) is 2.28. The lowest BCUT2D eigenvalue weighted by atomic mass is 9.99. The molecule has 0 atom stereocenters. The second kappa shape index (κ2) is 5.17. The van der Waals surface area contributed by atoms with E-state index >= 15 is 0 Å². The topological polar surface area (TPSA) is 42.6 Å². The molecule has 0 saturated heterocycles. The maximum atomic E-state index is 4.19. The summed E-state index contributed by atoms with van der Waals surface area (Å²) in [6.07, 6.45) is 7.03. The van der Waals surface area contributed by atoms with Gasteiger partial charge in [0.15, 0.2) is 13.4 Å². The summed E-state index contributed by atoms with van der Waals surface area (Å²) in [6, 6.07) is 10.4. The predicted octanol–water partition coefficient (Wildman–Crippen LogP) is 2.34. The number of benzene rings is 1. The first-order valence-electron chi connectivity index (χ1n) is 6.43. The molecule has 2 aromatic heterocycles. The lowest BCUT2D eigenvalue weighted by Crippen LogP contribution is -2.35. The van der Waals surface area contributed by atoms with Crippen molar-refractivity contribution in [2.24, 2.45) is 7.05 Å². The molecule has 0 bridgehead atoms. The van der Waals surface area contributed by atoms with Crippen molar-refractivity contribution in [1.29, 1.82) is 0 Å². The Bertz CT molecular complexity index is 738. The zero-order valence-corrected chi connectivity index (χ0v) is 11.5. The summed E-state index contributed by atoms with van der Waals surface area (Å²) >= 11 is 0. The van der Waals surface area contributed by atoms with E-state index in [0.29, 0.717) is 0 Å². The molecule has 0 unspecified atom stereocenters. The Morgan fingerprint density at radius 2 is 1.90 bits per heavy atom. The Balaban J connectivity index is 2.15. The molecule has 0 fully saturated rings. The number of nitrogens with zero attached hydrogens (tertiary/aromatic N) is 4. The molecule has 4 heteroatoms. The summed E-state index contributed by atoms with van der Waals surface area (Å²) in [5, 5.41) is 4.19. The first kappa shape index (κ1) is 12.4. The minimum absolute atomic E-state index is 0.996. The van der Waals surface area contributed by atoms with Crippen LogP contribution in [-0.2, 0) is 7.05 Å². The molecule has 0 spiro atoms. The maximum absolute atomic E-state index is 4.19. The van der Waals surface area contributed by atoms with Gasteiger partial charge in [-0.1, -0.05) is 22.9 Å². The summed E-state index contributed by atoms with van der Waals surface area (Å²) in [7, 11) is 1.92. The van der Waals surface area contributed by atoms with Crippen LogP contribution in [0.1, 0.15) is 5.56 Å². The van der Waals surface area contributed by atoms with Gasteiger partial charge < -0.3 is 0 Å². The van der Waals surface area contributed by atoms with E-state index < -0.39 is 0 Å². The van der Waals surface area contributed by atoms with E-state index in [1.54, 1.807) is 12.5 Å². The number of rotatable bonds is 2. The largest absolute Gasteiger partial charge is 0.264 e. The van der Waals surface area contributed by atoms with Gasteiger partial charge in [-0.2, -0.15) is 0 Å². The van der Waals surface area contributed by atoms with Crippen LogP contribution in [0.15, 0.2) is 55.2 Å². The summed E-state index contributed by atoms with van der Waals surface area (Å²) in [4.78, 5) is 8.29. The van der Waals surface area contributed by atoms with Crippen LogP contribution in [0, 0.1) is 6.92 Å². The second-order valence-corrected chi connectivity index (χ2v) is 4.69. The molecule has 2 heterocycles. The Morgan fingerprint density at radius 1 is 1.00 bits per heavy atom. The van der Waals surface area contributed by atoms with Crippen molar-refractivity contribution in [3.8, 4) is 22.4 Å². The molecular formula is C16H15N4+. The molecule has 0 radical (unpaired) electrons. The van der Waals surface area contributed by atoms with Gasteiger partial charge in [0.05, 0.1) is 5.56 Å². The monoisotopic (exact) mass is 263 g/mol. The van der Waals surface area contributed by atoms with Gasteiger partial charge in [0.2, 0.25) is 0 Å². The number of pyridine rings is 1. The van der Waals surface area contributed by atoms with Crippen LogP contribution in [0.5, 0.6) is 0 Å². The van der Waals surface area contributed by atoms with Crippen molar-refractivity contribution in [3.05, 3.63) is 60.8 Å². The van der Waals surface area contributed by atoms with Crippen molar-refractivity contribution >= 4 is 0 Å². The third-order valence-electron chi connectivity index (χ3n) is 3.35. The van der Waals surface area contributed by atoms with Crippen molar-refractivity contribution < 1.29 is 4.68 Å². The van der Waals surface area contributed by atoms with Crippen LogP contribution in [-0.4, -0.2) is 15.1 Å². The minimum atomic E-state index is 0.996. The summed E-state index contributed by atoms with van der Waals surface area (Å²) in [6.45, 7) is 2.09. The Hall–Kier alpha value is -2.62.